The van der Waals surface area contributed by atoms with E-state index in [4.69, 9.17) is 4.98 Å². The lowest BCUT2D eigenvalue weighted by Crippen LogP contribution is -2.20. The molecule has 0 fully saturated rings. The van der Waals surface area contributed by atoms with E-state index in [2.05, 4.69) is 44.0 Å². The number of H-pyrrole nitrogens is 2. The van der Waals surface area contributed by atoms with Gasteiger partial charge in [-0.15, -0.1) is 0 Å². The minimum Gasteiger partial charge on any atom is -0.335 e. The number of aromatic amines is 2. The van der Waals surface area contributed by atoms with Gasteiger partial charge in [0, 0.05) is 29.5 Å². The van der Waals surface area contributed by atoms with Crippen LogP contribution in [0, 0.1) is 5.82 Å². The van der Waals surface area contributed by atoms with Gasteiger partial charge in [-0.1, -0.05) is 43.7 Å². The van der Waals surface area contributed by atoms with Gasteiger partial charge >= 0.3 is 0 Å². The number of allylic oxidation sites excluding steroid dienone is 5. The summed E-state index contributed by atoms with van der Waals surface area (Å²) in [4.78, 5) is 29.6. The van der Waals surface area contributed by atoms with Crippen LogP contribution in [0.3, 0.4) is 0 Å². The highest BCUT2D eigenvalue weighted by molar-refractivity contribution is 5.95. The van der Waals surface area contributed by atoms with Gasteiger partial charge < -0.3 is 10.3 Å². The highest BCUT2D eigenvalue weighted by Crippen LogP contribution is 2.31. The Morgan fingerprint density at radius 1 is 1.07 bits per heavy atom. The van der Waals surface area contributed by atoms with E-state index >= 15 is 0 Å². The smallest absolute Gasteiger partial charge is 0.224 e. The van der Waals surface area contributed by atoms with Crippen molar-refractivity contribution in [1.29, 1.82) is 0 Å². The molecule has 0 aliphatic carbocycles. The van der Waals surface area contributed by atoms with Crippen molar-refractivity contribution in [3.05, 3.63) is 90.2 Å². The van der Waals surface area contributed by atoms with E-state index < -0.39 is 0 Å². The van der Waals surface area contributed by atoms with Crippen LogP contribution in [-0.2, 0) is 4.79 Å². The van der Waals surface area contributed by atoms with E-state index in [-0.39, 0.29) is 11.7 Å². The topological polar surface area (TPSA) is 112 Å². The summed E-state index contributed by atoms with van der Waals surface area (Å²) < 4.78 is 13.5. The Hall–Kier alpha value is -4.92. The van der Waals surface area contributed by atoms with Crippen LogP contribution in [-0.4, -0.2) is 36.0 Å². The van der Waals surface area contributed by atoms with Crippen molar-refractivity contribution in [3.8, 4) is 22.6 Å². The quantitative estimate of drug-likeness (QED) is 0.178. The van der Waals surface area contributed by atoms with Gasteiger partial charge in [0.1, 0.15) is 11.3 Å². The van der Waals surface area contributed by atoms with Crippen molar-refractivity contribution >= 4 is 33.7 Å². The minimum atomic E-state index is -0.298. The number of fused-ring (bicyclic) bond motifs is 2. The molecule has 40 heavy (non-hydrogen) atoms. The molecule has 0 atom stereocenters. The molecule has 5 aromatic rings. The Morgan fingerprint density at radius 3 is 2.62 bits per heavy atom. The Kier molecular flexibility index (Phi) is 7.63. The second-order valence-corrected chi connectivity index (χ2v) is 9.74. The maximum Gasteiger partial charge on any atom is 0.224 e. The largest absolute Gasteiger partial charge is 0.335 e. The lowest BCUT2D eigenvalue weighted by Gasteiger charge is -2.08. The molecule has 4 aromatic heterocycles. The van der Waals surface area contributed by atoms with Gasteiger partial charge in [-0.05, 0) is 62.2 Å². The number of unbranched alkanes of at least 4 members (excludes halogenated alkanes) is 1. The molecule has 4 heterocycles. The van der Waals surface area contributed by atoms with Crippen molar-refractivity contribution in [1.82, 2.24) is 35.5 Å². The fourth-order valence-corrected chi connectivity index (χ4v) is 4.46. The first-order valence-electron chi connectivity index (χ1n) is 13.1. The number of carbonyl (C=O) groups excluding carboxylic acids is 1. The molecule has 0 saturated heterocycles. The molecule has 0 radical (unpaired) electrons. The van der Waals surface area contributed by atoms with Gasteiger partial charge in [0.15, 0.2) is 17.2 Å². The average Bonchev–Trinajstić information content (AvgIpc) is 3.55. The predicted molar refractivity (Wildman–Crippen MR) is 156 cm³/mol. The Morgan fingerprint density at radius 2 is 1.88 bits per heavy atom. The summed E-state index contributed by atoms with van der Waals surface area (Å²) in [6.07, 6.45) is 7.79. The number of nitrogens with zero attached hydrogens (tertiary/aromatic N) is 4. The summed E-state index contributed by atoms with van der Waals surface area (Å²) in [7, 11) is 0. The lowest BCUT2D eigenvalue weighted by atomic mass is 10.1. The van der Waals surface area contributed by atoms with Crippen molar-refractivity contribution in [2.45, 2.75) is 40.0 Å². The highest BCUT2D eigenvalue weighted by Gasteiger charge is 2.18. The third-order valence-corrected chi connectivity index (χ3v) is 6.34. The normalized spacial score (nSPS) is 12.3. The number of hydrogen-bond acceptors (Lipinski definition) is 5. The maximum atomic E-state index is 13.5. The van der Waals surface area contributed by atoms with Crippen LogP contribution in [0.1, 0.15) is 45.7 Å². The molecular formula is C31H30FN7O. The Labute approximate surface area is 231 Å². The molecule has 0 unspecified atom stereocenters. The van der Waals surface area contributed by atoms with E-state index in [1.165, 1.54) is 12.1 Å². The molecule has 0 spiro atoms. The molecule has 3 N–H and O–H groups in total. The first-order chi connectivity index (χ1) is 19.3. The van der Waals surface area contributed by atoms with Crippen molar-refractivity contribution in [2.75, 3.05) is 0 Å². The zero-order valence-electron chi connectivity index (χ0n) is 22.7. The van der Waals surface area contributed by atoms with Crippen molar-refractivity contribution < 1.29 is 9.18 Å². The molecule has 0 saturated carbocycles. The Balaban J connectivity index is 1.54. The average molecular weight is 536 g/mol. The van der Waals surface area contributed by atoms with Gasteiger partial charge in [0.25, 0.3) is 0 Å². The first-order valence-corrected chi connectivity index (χ1v) is 13.1. The fourth-order valence-electron chi connectivity index (χ4n) is 4.46. The zero-order valence-corrected chi connectivity index (χ0v) is 22.7. The van der Waals surface area contributed by atoms with Crippen LogP contribution >= 0.6 is 0 Å². The first kappa shape index (κ1) is 26.7. The van der Waals surface area contributed by atoms with Crippen LogP contribution in [0.2, 0.25) is 0 Å². The second-order valence-electron chi connectivity index (χ2n) is 9.74. The number of benzene rings is 1. The number of halogens is 1. The molecule has 202 valence electrons. The summed E-state index contributed by atoms with van der Waals surface area (Å²) >= 11 is 0. The molecule has 0 aliphatic rings. The van der Waals surface area contributed by atoms with Crippen molar-refractivity contribution in [3.63, 3.8) is 0 Å². The van der Waals surface area contributed by atoms with Crippen LogP contribution in [0.5, 0.6) is 0 Å². The second kappa shape index (κ2) is 11.4. The summed E-state index contributed by atoms with van der Waals surface area (Å²) in [5.74, 6) is 0.200. The molecule has 5 rings (SSSR count). The number of amides is 1. The molecular weight excluding hydrogens is 505 g/mol. The van der Waals surface area contributed by atoms with Gasteiger partial charge in [0.2, 0.25) is 5.91 Å². The van der Waals surface area contributed by atoms with E-state index in [0.29, 0.717) is 34.8 Å². The van der Waals surface area contributed by atoms with Crippen LogP contribution in [0.25, 0.3) is 50.4 Å². The van der Waals surface area contributed by atoms with E-state index in [1.54, 1.807) is 18.3 Å². The predicted octanol–water partition coefficient (Wildman–Crippen LogP) is 6.87. The fraction of sp³-hybridized carbons (Fsp3) is 0.194. The standard InChI is InChI=1S/C31H30FN7O/c1-5-6-7-26(40)34-19(4)17-21(16-18(2)3)24-12-13-25-28(35-24)29(39-38-25)31-36-27-23(14-15-33-30(27)37-31)20-8-10-22(32)11-9-20/h8-17H,2,5-7H2,1,3-4H3,(H,34,40)(H,38,39)(H,33,36,37)/b19-17+,21-16+. The third kappa shape index (κ3) is 5.73. The monoisotopic (exact) mass is 535 g/mol. The summed E-state index contributed by atoms with van der Waals surface area (Å²) in [6.45, 7) is 9.85. The highest BCUT2D eigenvalue weighted by atomic mass is 19.1. The molecule has 1 amide bonds. The number of rotatable bonds is 9. The van der Waals surface area contributed by atoms with Gasteiger partial charge in [-0.3, -0.25) is 9.89 Å². The number of hydrogen-bond donors (Lipinski definition) is 3. The molecule has 9 heteroatoms. The third-order valence-electron chi connectivity index (χ3n) is 6.34. The number of imidazole rings is 1. The number of nitrogens with one attached hydrogen (secondary N) is 3. The number of carbonyl (C=O) groups is 1. The minimum absolute atomic E-state index is 0.00990. The number of pyridine rings is 2. The molecule has 0 aliphatic heterocycles. The van der Waals surface area contributed by atoms with Crippen LogP contribution in [0.4, 0.5) is 4.39 Å². The molecule has 8 nitrogen and oxygen atoms in total. The van der Waals surface area contributed by atoms with Gasteiger partial charge in [-0.2, -0.15) is 5.10 Å². The zero-order chi connectivity index (χ0) is 28.2. The van der Waals surface area contributed by atoms with Gasteiger partial charge in [0.05, 0.1) is 16.7 Å². The number of aromatic nitrogens is 6. The SMILES string of the molecule is C=C(C)/C=C(\C=C(/C)NC(=O)CCCC)c1ccc2[nH]nc(-c3nc4nccc(-c5ccc(F)cc5)c4[nH]3)c2n1. The van der Waals surface area contributed by atoms with E-state index in [1.807, 2.05) is 44.2 Å². The van der Waals surface area contributed by atoms with E-state index in [9.17, 15) is 9.18 Å². The molecule has 0 bridgehead atoms. The van der Waals surface area contributed by atoms with Crippen LogP contribution < -0.4 is 5.32 Å². The van der Waals surface area contributed by atoms with Crippen LogP contribution in [0.15, 0.2) is 78.7 Å². The summed E-state index contributed by atoms with van der Waals surface area (Å²) in [5.41, 5.74) is 7.92. The van der Waals surface area contributed by atoms with Crippen molar-refractivity contribution in [2.24, 2.45) is 0 Å². The Bertz CT molecular complexity index is 1780. The molecule has 1 aromatic carbocycles. The summed E-state index contributed by atoms with van der Waals surface area (Å²) in [5, 5.41) is 10.5. The summed E-state index contributed by atoms with van der Waals surface area (Å²) in [6, 6.07) is 12.0. The van der Waals surface area contributed by atoms with E-state index in [0.717, 1.165) is 51.8 Å². The lowest BCUT2D eigenvalue weighted by molar-refractivity contribution is -0.120. The maximum absolute atomic E-state index is 13.5. The van der Waals surface area contributed by atoms with Gasteiger partial charge in [-0.25, -0.2) is 19.3 Å².